The Morgan fingerprint density at radius 2 is 1.42 bits per heavy atom. The first-order valence-corrected chi connectivity index (χ1v) is 6.93. The summed E-state index contributed by atoms with van der Waals surface area (Å²) < 4.78 is 0. The van der Waals surface area contributed by atoms with Crippen LogP contribution in [0.15, 0.2) is 30.4 Å². The summed E-state index contributed by atoms with van der Waals surface area (Å²) in [5.74, 6) is 0.0578. The molecule has 3 heteroatoms. The Morgan fingerprint density at radius 1 is 0.917 bits per heavy atom. The summed E-state index contributed by atoms with van der Waals surface area (Å²) in [6.45, 7) is 12.2. The number of aromatic hydroxyl groups is 1. The first-order valence-electron chi connectivity index (χ1n) is 6.93. The molecule has 0 saturated heterocycles. The number of aldehydes is 2. The molecular weight excluding hydrogens is 300 g/mol. The quantitative estimate of drug-likeness (QED) is 0.516. The normalized spacial score (nSPS) is 10.2. The lowest BCUT2D eigenvalue weighted by Gasteiger charge is -2.21. The monoisotopic (exact) mass is 338 g/mol. The fourth-order valence-corrected chi connectivity index (χ4v) is 1.66. The van der Waals surface area contributed by atoms with Gasteiger partial charge in [0.05, 0.1) is 5.56 Å². The minimum absolute atomic E-state index is 0. The zero-order chi connectivity index (χ0) is 16.7. The fourth-order valence-electron chi connectivity index (χ4n) is 1.66. The Bertz CT molecular complexity index is 501. The summed E-state index contributed by atoms with van der Waals surface area (Å²) >= 11 is 0. The molecule has 140 valence electrons. The molecule has 1 aromatic carbocycles. The van der Waals surface area contributed by atoms with Gasteiger partial charge in [-0.1, -0.05) is 82.0 Å². The lowest BCUT2D eigenvalue weighted by Crippen LogP contribution is -2.13. The van der Waals surface area contributed by atoms with Crippen LogP contribution >= 0.6 is 0 Å². The molecule has 1 aromatic rings. The van der Waals surface area contributed by atoms with Gasteiger partial charge in [0, 0.05) is 0 Å². The predicted molar refractivity (Wildman–Crippen MR) is 107 cm³/mol. The molecule has 0 atom stereocenters. The number of phenols is 1. The molecule has 24 heavy (non-hydrogen) atoms. The van der Waals surface area contributed by atoms with Gasteiger partial charge in [-0.2, -0.15) is 0 Å². The van der Waals surface area contributed by atoms with Gasteiger partial charge in [0.25, 0.3) is 0 Å². The van der Waals surface area contributed by atoms with Gasteiger partial charge in [0.1, 0.15) is 12.0 Å². The minimum Gasteiger partial charge on any atom is -0.507 e. The van der Waals surface area contributed by atoms with Gasteiger partial charge >= 0.3 is 0 Å². The molecule has 0 unspecified atom stereocenters. The summed E-state index contributed by atoms with van der Waals surface area (Å²) in [5, 5.41) is 9.42. The highest BCUT2D eigenvalue weighted by molar-refractivity contribution is 5.82. The van der Waals surface area contributed by atoms with Crippen LogP contribution in [0, 0.1) is 5.41 Å². The van der Waals surface area contributed by atoms with Gasteiger partial charge in [0.2, 0.25) is 0 Å². The van der Waals surface area contributed by atoms with Crippen molar-refractivity contribution in [2.45, 2.75) is 69.2 Å². The summed E-state index contributed by atoms with van der Waals surface area (Å²) in [6.07, 6.45) is 4.90. The van der Waals surface area contributed by atoms with E-state index in [0.717, 1.165) is 11.8 Å². The largest absolute Gasteiger partial charge is 0.507 e. The van der Waals surface area contributed by atoms with Gasteiger partial charge < -0.3 is 5.11 Å². The topological polar surface area (TPSA) is 54.4 Å². The smallest absolute Gasteiger partial charge is 0.154 e. The molecular formula is C21H38O3. The van der Waals surface area contributed by atoms with E-state index in [1.54, 1.807) is 6.07 Å². The molecule has 0 aromatic heterocycles. The fraction of sp³-hybridized carbons (Fsp3) is 0.524. The second-order valence-corrected chi connectivity index (χ2v) is 6.97. The van der Waals surface area contributed by atoms with Crippen molar-refractivity contribution in [1.29, 1.82) is 0 Å². The highest BCUT2D eigenvalue weighted by atomic mass is 16.3. The summed E-state index contributed by atoms with van der Waals surface area (Å²) in [6, 6.07) is 5.14. The molecule has 0 aliphatic rings. The van der Waals surface area contributed by atoms with E-state index in [0.29, 0.717) is 11.8 Å². The molecule has 0 saturated carbocycles. The summed E-state index contributed by atoms with van der Waals surface area (Å²) in [7, 11) is 0. The van der Waals surface area contributed by atoms with Crippen LogP contribution in [0.5, 0.6) is 5.75 Å². The van der Waals surface area contributed by atoms with Crippen molar-refractivity contribution in [3.63, 3.8) is 0 Å². The maximum absolute atomic E-state index is 10.7. The molecule has 0 radical (unpaired) electrons. The highest BCUT2D eigenvalue weighted by Gasteiger charge is 2.19. The van der Waals surface area contributed by atoms with Crippen LogP contribution in [0.2, 0.25) is 0 Å². The number of hydrogen-bond acceptors (Lipinski definition) is 3. The Morgan fingerprint density at radius 3 is 1.67 bits per heavy atom. The van der Waals surface area contributed by atoms with E-state index >= 15 is 0 Å². The van der Waals surface area contributed by atoms with Gasteiger partial charge in [0.15, 0.2) is 6.29 Å². The second-order valence-electron chi connectivity index (χ2n) is 6.97. The number of hydrogen-bond donors (Lipinski definition) is 1. The van der Waals surface area contributed by atoms with E-state index in [9.17, 15) is 14.7 Å². The average molecular weight is 339 g/mol. The predicted octanol–water partition coefficient (Wildman–Crippen LogP) is 6.20. The summed E-state index contributed by atoms with van der Waals surface area (Å²) in [4.78, 5) is 20.5. The van der Waals surface area contributed by atoms with E-state index in [-0.39, 0.29) is 38.9 Å². The Balaban J connectivity index is -0.000000162. The Hall–Kier alpha value is -1.90. The lowest BCUT2D eigenvalue weighted by molar-refractivity contribution is -0.104. The number of phenolic OH excluding ortho intramolecular Hbond substituents is 1. The molecule has 0 fully saturated rings. The zero-order valence-corrected chi connectivity index (χ0v) is 13.8. The van der Waals surface area contributed by atoms with Crippen molar-refractivity contribution < 1.29 is 14.7 Å². The number of carbonyl (C=O) groups excluding carboxylic acids is 2. The molecule has 0 aliphatic carbocycles. The molecule has 1 N–H and O–H groups in total. The number of benzene rings is 1. The summed E-state index contributed by atoms with van der Waals surface area (Å²) in [5.41, 5.74) is 1.30. The van der Waals surface area contributed by atoms with Crippen LogP contribution < -0.4 is 0 Å². The number of allylic oxidation sites excluding steroid dienone is 2. The molecule has 0 aliphatic heterocycles. The van der Waals surface area contributed by atoms with Crippen molar-refractivity contribution in [3.8, 4) is 5.75 Å². The molecule has 0 spiro atoms. The third-order valence-corrected chi connectivity index (χ3v) is 2.68. The van der Waals surface area contributed by atoms with Gasteiger partial charge in [-0.15, -0.1) is 0 Å². The van der Waals surface area contributed by atoms with E-state index in [4.69, 9.17) is 0 Å². The highest BCUT2D eigenvalue weighted by Crippen LogP contribution is 2.29. The average Bonchev–Trinajstić information content (AvgIpc) is 2.35. The van der Waals surface area contributed by atoms with Crippen LogP contribution in [0.25, 0.3) is 0 Å². The Kier molecular flexibility index (Phi) is 15.7. The van der Waals surface area contributed by atoms with Crippen molar-refractivity contribution in [2.24, 2.45) is 5.41 Å². The third kappa shape index (κ3) is 11.6. The van der Waals surface area contributed by atoms with E-state index < -0.39 is 0 Å². The van der Waals surface area contributed by atoms with E-state index in [1.165, 1.54) is 12.1 Å². The SMILES string of the molecule is C.C.C.CC(C)(C)/C=C\C=O.CC(C)(C)c1cccc(O)c1C=O. The lowest BCUT2D eigenvalue weighted by atomic mass is 9.84. The number of carbonyl (C=O) groups is 2. The van der Waals surface area contributed by atoms with Crippen LogP contribution in [-0.2, 0) is 10.2 Å². The van der Waals surface area contributed by atoms with E-state index in [2.05, 4.69) is 0 Å². The van der Waals surface area contributed by atoms with Crippen molar-refractivity contribution in [2.75, 3.05) is 0 Å². The molecule has 0 heterocycles. The van der Waals surface area contributed by atoms with Crippen LogP contribution in [0.1, 0.15) is 79.7 Å². The molecule has 3 nitrogen and oxygen atoms in total. The van der Waals surface area contributed by atoms with Crippen molar-refractivity contribution in [3.05, 3.63) is 41.5 Å². The van der Waals surface area contributed by atoms with Crippen LogP contribution in [0.3, 0.4) is 0 Å². The standard InChI is InChI=1S/C11H14O2.C7H12O.3CH4/c1-11(2,3)9-5-4-6-10(13)8(9)7-12;1-7(2,3)5-4-6-8;;;/h4-7,13H,1-3H3;4-6H,1-3H3;3*1H4/b;5-4-;;;. The first kappa shape index (κ1) is 30.0. The van der Waals surface area contributed by atoms with Crippen LogP contribution in [-0.4, -0.2) is 17.7 Å². The second kappa shape index (κ2) is 12.5. The first-order chi connectivity index (χ1) is 9.53. The van der Waals surface area contributed by atoms with Crippen molar-refractivity contribution in [1.82, 2.24) is 0 Å². The van der Waals surface area contributed by atoms with Crippen LogP contribution in [0.4, 0.5) is 0 Å². The maximum Gasteiger partial charge on any atom is 0.154 e. The maximum atomic E-state index is 10.7. The van der Waals surface area contributed by atoms with Gasteiger partial charge in [-0.25, -0.2) is 0 Å². The van der Waals surface area contributed by atoms with E-state index in [1.807, 2.05) is 53.7 Å². The number of rotatable bonds is 2. The third-order valence-electron chi connectivity index (χ3n) is 2.68. The van der Waals surface area contributed by atoms with Crippen molar-refractivity contribution >= 4 is 12.6 Å². The zero-order valence-electron chi connectivity index (χ0n) is 13.8. The van der Waals surface area contributed by atoms with Gasteiger partial charge in [-0.05, 0) is 28.5 Å². The molecule has 0 amide bonds. The molecule has 0 bridgehead atoms. The Labute approximate surface area is 149 Å². The molecule has 1 rings (SSSR count). The minimum atomic E-state index is -0.116. The van der Waals surface area contributed by atoms with Gasteiger partial charge in [-0.3, -0.25) is 9.59 Å².